The Morgan fingerprint density at radius 1 is 1.50 bits per heavy atom. The molecular formula is C11H12ClNO3. The molecule has 0 aliphatic rings. The molecule has 0 N–H and O–H groups in total. The predicted octanol–water partition coefficient (Wildman–Crippen LogP) is 3.24. The first-order valence-electron chi connectivity index (χ1n) is 4.98. The number of rotatable bonds is 5. The van der Waals surface area contributed by atoms with Gasteiger partial charge in [0, 0.05) is 18.1 Å². The van der Waals surface area contributed by atoms with E-state index in [0.717, 1.165) is 0 Å². The van der Waals surface area contributed by atoms with E-state index in [0.29, 0.717) is 12.0 Å². The second-order valence-corrected chi connectivity index (χ2v) is 3.90. The van der Waals surface area contributed by atoms with E-state index in [9.17, 15) is 14.9 Å². The zero-order valence-corrected chi connectivity index (χ0v) is 9.61. The topological polar surface area (TPSA) is 60.2 Å². The summed E-state index contributed by atoms with van der Waals surface area (Å²) in [5.74, 6) is -0.188. The van der Waals surface area contributed by atoms with Crippen molar-refractivity contribution in [1.29, 1.82) is 0 Å². The molecule has 1 atom stereocenters. The lowest BCUT2D eigenvalue weighted by atomic mass is 9.92. The van der Waals surface area contributed by atoms with E-state index in [4.69, 9.17) is 11.6 Å². The van der Waals surface area contributed by atoms with Crippen molar-refractivity contribution in [1.82, 2.24) is 0 Å². The van der Waals surface area contributed by atoms with E-state index in [-0.39, 0.29) is 18.0 Å². The molecule has 86 valence electrons. The third-order valence-electron chi connectivity index (χ3n) is 2.47. The molecule has 0 fully saturated rings. The summed E-state index contributed by atoms with van der Waals surface area (Å²) in [7, 11) is 0. The van der Waals surface area contributed by atoms with E-state index in [1.807, 2.05) is 6.92 Å². The lowest BCUT2D eigenvalue weighted by molar-refractivity contribution is -0.385. The van der Waals surface area contributed by atoms with Gasteiger partial charge in [0.15, 0.2) is 0 Å². The molecule has 1 aromatic carbocycles. The van der Waals surface area contributed by atoms with Crippen LogP contribution in [0.1, 0.15) is 31.2 Å². The Balaban J connectivity index is 3.08. The third-order valence-corrected chi connectivity index (χ3v) is 2.63. The second kappa shape index (κ2) is 5.61. The fraction of sp³-hybridized carbons (Fsp3) is 0.364. The number of para-hydroxylation sites is 1. The van der Waals surface area contributed by atoms with Gasteiger partial charge in [0.05, 0.1) is 4.92 Å². The number of hydrogen-bond acceptors (Lipinski definition) is 3. The van der Waals surface area contributed by atoms with Crippen molar-refractivity contribution in [3.63, 3.8) is 0 Å². The molecule has 0 saturated carbocycles. The van der Waals surface area contributed by atoms with Crippen molar-refractivity contribution in [3.05, 3.63) is 39.9 Å². The molecular weight excluding hydrogens is 230 g/mol. The van der Waals surface area contributed by atoms with Gasteiger partial charge in [0.1, 0.15) is 0 Å². The molecule has 0 amide bonds. The molecule has 0 aliphatic carbocycles. The van der Waals surface area contributed by atoms with Crippen molar-refractivity contribution in [2.45, 2.75) is 25.7 Å². The Morgan fingerprint density at radius 2 is 2.12 bits per heavy atom. The van der Waals surface area contributed by atoms with Crippen LogP contribution < -0.4 is 0 Å². The molecule has 0 radical (unpaired) electrons. The highest BCUT2D eigenvalue weighted by Gasteiger charge is 2.21. The quantitative estimate of drug-likeness (QED) is 0.452. The summed E-state index contributed by atoms with van der Waals surface area (Å²) in [6, 6.07) is 6.45. The standard InChI is InChI=1S/C11H12ClNO3/c1-2-8(7-11(12)14)9-5-3-4-6-10(9)13(15)16/h3-6,8H,2,7H2,1H3. The second-order valence-electron chi connectivity index (χ2n) is 3.48. The molecule has 0 spiro atoms. The van der Waals surface area contributed by atoms with Crippen LogP contribution in [-0.2, 0) is 4.79 Å². The minimum Gasteiger partial charge on any atom is -0.281 e. The number of nitrogens with zero attached hydrogens (tertiary/aromatic N) is 1. The summed E-state index contributed by atoms with van der Waals surface area (Å²) >= 11 is 5.32. The van der Waals surface area contributed by atoms with Gasteiger partial charge in [-0.3, -0.25) is 14.9 Å². The van der Waals surface area contributed by atoms with Crippen molar-refractivity contribution in [2.24, 2.45) is 0 Å². The monoisotopic (exact) mass is 241 g/mol. The molecule has 0 heterocycles. The van der Waals surface area contributed by atoms with Crippen LogP contribution in [0.2, 0.25) is 0 Å². The maximum absolute atomic E-state index is 10.9. The third kappa shape index (κ3) is 3.03. The first-order valence-corrected chi connectivity index (χ1v) is 5.35. The average Bonchev–Trinajstić information content (AvgIpc) is 2.25. The van der Waals surface area contributed by atoms with Crippen LogP contribution in [0, 0.1) is 10.1 Å². The van der Waals surface area contributed by atoms with Gasteiger partial charge in [-0.15, -0.1) is 0 Å². The van der Waals surface area contributed by atoms with Gasteiger partial charge in [0.25, 0.3) is 5.69 Å². The number of hydrogen-bond donors (Lipinski definition) is 0. The van der Waals surface area contributed by atoms with Gasteiger partial charge in [-0.2, -0.15) is 0 Å². The Hall–Kier alpha value is -1.42. The SMILES string of the molecule is CCC(CC(=O)Cl)c1ccccc1[N+](=O)[O-]. The van der Waals surface area contributed by atoms with Crippen molar-refractivity contribution >= 4 is 22.5 Å². The number of benzene rings is 1. The minimum absolute atomic E-state index is 0.0484. The Labute approximate surface area is 98.4 Å². The molecule has 16 heavy (non-hydrogen) atoms. The van der Waals surface area contributed by atoms with Crippen molar-refractivity contribution in [3.8, 4) is 0 Å². The molecule has 1 aromatic rings. The Kier molecular flexibility index (Phi) is 4.43. The lowest BCUT2D eigenvalue weighted by Gasteiger charge is -2.12. The molecule has 0 aromatic heterocycles. The summed E-state index contributed by atoms with van der Waals surface area (Å²) in [6.45, 7) is 1.88. The van der Waals surface area contributed by atoms with Gasteiger partial charge < -0.3 is 0 Å². The molecule has 0 aliphatic heterocycles. The molecule has 1 unspecified atom stereocenters. The number of carbonyl (C=O) groups is 1. The minimum atomic E-state index is -0.468. The van der Waals surface area contributed by atoms with Crippen LogP contribution in [0.15, 0.2) is 24.3 Å². The smallest absolute Gasteiger partial charge is 0.272 e. The van der Waals surface area contributed by atoms with E-state index < -0.39 is 10.2 Å². The highest BCUT2D eigenvalue weighted by Crippen LogP contribution is 2.31. The average molecular weight is 242 g/mol. The zero-order valence-electron chi connectivity index (χ0n) is 8.85. The summed E-state index contributed by atoms with van der Waals surface area (Å²) in [6.07, 6.45) is 0.770. The van der Waals surface area contributed by atoms with Crippen LogP contribution in [-0.4, -0.2) is 10.2 Å². The first kappa shape index (κ1) is 12.6. The zero-order chi connectivity index (χ0) is 12.1. The fourth-order valence-electron chi connectivity index (χ4n) is 1.67. The molecule has 0 bridgehead atoms. The summed E-state index contributed by atoms with van der Waals surface area (Å²) in [5.41, 5.74) is 0.622. The van der Waals surface area contributed by atoms with Gasteiger partial charge in [0.2, 0.25) is 5.24 Å². The fourth-order valence-corrected chi connectivity index (χ4v) is 1.85. The number of halogens is 1. The number of nitro groups is 1. The number of carbonyl (C=O) groups excluding carboxylic acids is 1. The van der Waals surface area contributed by atoms with Crippen LogP contribution in [0.4, 0.5) is 5.69 Å². The van der Waals surface area contributed by atoms with Crippen molar-refractivity contribution < 1.29 is 9.72 Å². The van der Waals surface area contributed by atoms with Crippen LogP contribution >= 0.6 is 11.6 Å². The molecule has 4 nitrogen and oxygen atoms in total. The van der Waals surface area contributed by atoms with Crippen LogP contribution in [0.3, 0.4) is 0 Å². The van der Waals surface area contributed by atoms with Crippen molar-refractivity contribution in [2.75, 3.05) is 0 Å². The number of nitro benzene ring substituents is 1. The molecule has 0 saturated heterocycles. The summed E-state index contributed by atoms with van der Waals surface area (Å²) in [5, 5.41) is 10.3. The molecule has 1 rings (SSSR count). The van der Waals surface area contributed by atoms with E-state index in [1.54, 1.807) is 18.2 Å². The molecule has 5 heteroatoms. The van der Waals surface area contributed by atoms with Crippen LogP contribution in [0.25, 0.3) is 0 Å². The van der Waals surface area contributed by atoms with E-state index in [1.165, 1.54) is 6.07 Å². The summed E-state index contributed by atoms with van der Waals surface area (Å²) < 4.78 is 0. The van der Waals surface area contributed by atoms with E-state index >= 15 is 0 Å². The van der Waals surface area contributed by atoms with Gasteiger partial charge >= 0.3 is 0 Å². The maximum atomic E-state index is 10.9. The maximum Gasteiger partial charge on any atom is 0.272 e. The largest absolute Gasteiger partial charge is 0.281 e. The van der Waals surface area contributed by atoms with Gasteiger partial charge in [-0.05, 0) is 23.9 Å². The highest BCUT2D eigenvalue weighted by atomic mass is 35.5. The predicted molar refractivity (Wildman–Crippen MR) is 61.6 cm³/mol. The lowest BCUT2D eigenvalue weighted by Crippen LogP contribution is -2.05. The summed E-state index contributed by atoms with van der Waals surface area (Å²) in [4.78, 5) is 21.2. The normalized spacial score (nSPS) is 12.1. The van der Waals surface area contributed by atoms with Gasteiger partial charge in [-0.25, -0.2) is 0 Å². The first-order chi connectivity index (χ1) is 7.56. The Bertz CT molecular complexity index is 406. The van der Waals surface area contributed by atoms with Crippen LogP contribution in [0.5, 0.6) is 0 Å². The van der Waals surface area contributed by atoms with E-state index in [2.05, 4.69) is 0 Å². The van der Waals surface area contributed by atoms with Gasteiger partial charge in [-0.1, -0.05) is 25.1 Å². The highest BCUT2D eigenvalue weighted by molar-refractivity contribution is 6.63. The Morgan fingerprint density at radius 3 is 2.62 bits per heavy atom.